The maximum atomic E-state index is 13.8. The van der Waals surface area contributed by atoms with Crippen molar-refractivity contribution >= 4 is 51.6 Å². The highest BCUT2D eigenvalue weighted by molar-refractivity contribution is 6.38. The monoisotopic (exact) mass is 484 g/mol. The van der Waals surface area contributed by atoms with Crippen LogP contribution < -0.4 is 16.4 Å². The number of rotatable bonds is 5. The van der Waals surface area contributed by atoms with Gasteiger partial charge in [-0.15, -0.1) is 0 Å². The van der Waals surface area contributed by atoms with Gasteiger partial charge in [0.2, 0.25) is 0 Å². The first kappa shape index (κ1) is 23.1. The van der Waals surface area contributed by atoms with Gasteiger partial charge in [0.25, 0.3) is 0 Å². The van der Waals surface area contributed by atoms with E-state index in [1.54, 1.807) is 10.8 Å². The lowest BCUT2D eigenvalue weighted by Gasteiger charge is -2.12. The first-order valence-electron chi connectivity index (χ1n) is 10.1. The van der Waals surface area contributed by atoms with Crippen LogP contribution in [0.15, 0.2) is 48.9 Å². The molecule has 0 aliphatic carbocycles. The van der Waals surface area contributed by atoms with Crippen molar-refractivity contribution < 1.29 is 18.4 Å². The number of urea groups is 1. The number of hydrogen-bond donors (Lipinski definition) is 3. The number of halogens is 3. The Morgan fingerprint density at radius 3 is 2.38 bits per heavy atom. The number of nitrogens with one attached hydrogen (secondary N) is 2. The molecule has 4 aromatic rings. The summed E-state index contributed by atoms with van der Waals surface area (Å²) in [5, 5.41) is 4.85. The Kier molecular flexibility index (Phi) is 6.16. The topological polar surface area (TPSA) is 115 Å². The van der Waals surface area contributed by atoms with Crippen molar-refractivity contribution in [2.24, 2.45) is 0 Å². The van der Waals surface area contributed by atoms with Gasteiger partial charge in [-0.1, -0.05) is 23.7 Å². The number of hydrogen-bond acceptors (Lipinski definition) is 5. The van der Waals surface area contributed by atoms with Crippen LogP contribution in [0.25, 0.3) is 11.0 Å². The Bertz CT molecular complexity index is 1420. The van der Waals surface area contributed by atoms with E-state index in [1.165, 1.54) is 30.6 Å². The zero-order valence-electron chi connectivity index (χ0n) is 18.1. The minimum Gasteiger partial charge on any atom is -0.383 e. The summed E-state index contributed by atoms with van der Waals surface area (Å²) in [5.74, 6) is -2.19. The van der Waals surface area contributed by atoms with Crippen molar-refractivity contribution in [3.63, 3.8) is 0 Å². The number of nitrogens with zero attached hydrogens (tertiary/aromatic N) is 3. The number of nitrogens with two attached hydrogens (primary N) is 1. The number of benzene rings is 2. The van der Waals surface area contributed by atoms with Crippen LogP contribution in [0.4, 0.5) is 30.8 Å². The van der Waals surface area contributed by atoms with Gasteiger partial charge >= 0.3 is 6.03 Å². The molecule has 2 heterocycles. The average Bonchev–Trinajstić information content (AvgIpc) is 3.19. The smallest absolute Gasteiger partial charge is 0.323 e. The fourth-order valence-electron chi connectivity index (χ4n) is 3.51. The zero-order chi connectivity index (χ0) is 24.6. The molecule has 11 heteroatoms. The van der Waals surface area contributed by atoms with Gasteiger partial charge in [-0.25, -0.2) is 23.5 Å². The van der Waals surface area contributed by atoms with Crippen LogP contribution in [0.2, 0.25) is 5.02 Å². The summed E-state index contributed by atoms with van der Waals surface area (Å²) in [4.78, 5) is 34.0. The van der Waals surface area contributed by atoms with Gasteiger partial charge in [0, 0.05) is 17.8 Å². The van der Waals surface area contributed by atoms with Crippen LogP contribution in [-0.4, -0.2) is 26.3 Å². The van der Waals surface area contributed by atoms with Gasteiger partial charge in [-0.3, -0.25) is 4.79 Å². The highest BCUT2D eigenvalue weighted by Gasteiger charge is 2.24. The van der Waals surface area contributed by atoms with Crippen LogP contribution in [-0.2, 0) is 0 Å². The van der Waals surface area contributed by atoms with Gasteiger partial charge in [0.05, 0.1) is 21.7 Å². The summed E-state index contributed by atoms with van der Waals surface area (Å²) in [5.41, 5.74) is 6.34. The minimum absolute atomic E-state index is 0.00991. The number of fused-ring (bicyclic) bond motifs is 1. The van der Waals surface area contributed by atoms with Gasteiger partial charge in [0.1, 0.15) is 35.1 Å². The van der Waals surface area contributed by atoms with Crippen molar-refractivity contribution in [1.29, 1.82) is 0 Å². The molecule has 2 aromatic carbocycles. The molecule has 8 nitrogen and oxygen atoms in total. The molecule has 0 unspecified atom stereocenters. The number of anilines is 3. The Balaban J connectivity index is 1.68. The lowest BCUT2D eigenvalue weighted by atomic mass is 10.0. The number of amides is 2. The molecule has 2 amide bonds. The fraction of sp³-hybridized carbons (Fsp3) is 0.130. The molecule has 0 saturated heterocycles. The number of carbonyl (C=O) groups excluding carboxylic acids is 2. The van der Waals surface area contributed by atoms with Crippen molar-refractivity contribution in [1.82, 2.24) is 14.5 Å². The summed E-state index contributed by atoms with van der Waals surface area (Å²) in [6, 6.07) is 6.69. The molecule has 0 saturated carbocycles. The molecule has 34 heavy (non-hydrogen) atoms. The first-order valence-corrected chi connectivity index (χ1v) is 10.5. The van der Waals surface area contributed by atoms with Crippen LogP contribution in [0.3, 0.4) is 0 Å². The molecule has 0 aliphatic rings. The Labute approximate surface area is 197 Å². The van der Waals surface area contributed by atoms with Gasteiger partial charge in [0.15, 0.2) is 5.78 Å². The lowest BCUT2D eigenvalue weighted by Crippen LogP contribution is -2.21. The highest BCUT2D eigenvalue weighted by Crippen LogP contribution is 2.33. The summed E-state index contributed by atoms with van der Waals surface area (Å²) >= 11 is 6.44. The molecule has 0 radical (unpaired) electrons. The molecule has 0 aliphatic heterocycles. The van der Waals surface area contributed by atoms with E-state index in [0.717, 1.165) is 12.1 Å². The Hall–Kier alpha value is -4.05. The zero-order valence-corrected chi connectivity index (χ0v) is 18.8. The van der Waals surface area contributed by atoms with Gasteiger partial charge in [-0.05, 0) is 38.1 Å². The van der Waals surface area contributed by atoms with Gasteiger partial charge in [-0.2, -0.15) is 0 Å². The van der Waals surface area contributed by atoms with E-state index in [9.17, 15) is 18.4 Å². The van der Waals surface area contributed by atoms with Crippen molar-refractivity contribution in [2.75, 3.05) is 16.4 Å². The first-order chi connectivity index (χ1) is 16.2. The number of ketones is 1. The molecule has 4 rings (SSSR count). The SMILES string of the molecule is CC(C)n1cc(C(=O)c2cccc(NC(=O)Nc3c(F)cccc3F)c2Cl)c2c(N)ncnc21. The average molecular weight is 485 g/mol. The number of nitrogen functional groups attached to an aromatic ring is 1. The third-order valence-corrected chi connectivity index (χ3v) is 5.54. The van der Waals surface area contributed by atoms with Crippen molar-refractivity contribution in [3.05, 3.63) is 76.7 Å². The van der Waals surface area contributed by atoms with E-state index in [2.05, 4.69) is 20.6 Å². The molecule has 0 bridgehead atoms. The quantitative estimate of drug-likeness (QED) is 0.328. The molecular weight excluding hydrogens is 466 g/mol. The van der Waals surface area contributed by atoms with E-state index in [1.807, 2.05) is 13.8 Å². The van der Waals surface area contributed by atoms with Crippen molar-refractivity contribution in [2.45, 2.75) is 19.9 Å². The van der Waals surface area contributed by atoms with E-state index < -0.39 is 29.1 Å². The Morgan fingerprint density at radius 2 is 1.71 bits per heavy atom. The molecule has 4 N–H and O–H groups in total. The van der Waals surface area contributed by atoms with Crippen molar-refractivity contribution in [3.8, 4) is 0 Å². The maximum Gasteiger partial charge on any atom is 0.323 e. The third kappa shape index (κ3) is 4.15. The highest BCUT2D eigenvalue weighted by atomic mass is 35.5. The minimum atomic E-state index is -0.940. The standard InChI is InChI=1S/C23H19ClF2N6O2/c1-11(2)32-9-13(17-21(27)28-10-29-22(17)32)20(33)12-5-3-8-16(18(12)24)30-23(34)31-19-14(25)6-4-7-15(19)26/h3-11H,1-2H3,(H2,27,28,29)(H2,30,31,34). The second-order valence-corrected chi connectivity index (χ2v) is 8.05. The lowest BCUT2D eigenvalue weighted by molar-refractivity contribution is 0.104. The van der Waals surface area contributed by atoms with Crippen LogP contribution in [0.5, 0.6) is 0 Å². The summed E-state index contributed by atoms with van der Waals surface area (Å²) in [7, 11) is 0. The molecule has 0 spiro atoms. The molecule has 0 fully saturated rings. The van der Waals surface area contributed by atoms with Crippen LogP contribution >= 0.6 is 11.6 Å². The van der Waals surface area contributed by atoms with E-state index in [4.69, 9.17) is 17.3 Å². The summed E-state index contributed by atoms with van der Waals surface area (Å²) in [6.07, 6.45) is 2.95. The summed E-state index contributed by atoms with van der Waals surface area (Å²) < 4.78 is 29.5. The molecule has 2 aromatic heterocycles. The number of aromatic nitrogens is 3. The Morgan fingerprint density at radius 1 is 1.03 bits per heavy atom. The molecule has 0 atom stereocenters. The maximum absolute atomic E-state index is 13.8. The van der Waals surface area contributed by atoms with Crippen LogP contribution in [0.1, 0.15) is 35.8 Å². The second-order valence-electron chi connectivity index (χ2n) is 7.67. The number of carbonyl (C=O) groups is 2. The van der Waals surface area contributed by atoms with E-state index in [0.29, 0.717) is 11.0 Å². The largest absolute Gasteiger partial charge is 0.383 e. The third-order valence-electron chi connectivity index (χ3n) is 5.13. The van der Waals surface area contributed by atoms with E-state index in [-0.39, 0.29) is 33.7 Å². The molecule has 174 valence electrons. The second kappa shape index (κ2) is 9.06. The van der Waals surface area contributed by atoms with Gasteiger partial charge < -0.3 is 20.9 Å². The predicted molar refractivity (Wildman–Crippen MR) is 126 cm³/mol. The fourth-order valence-corrected chi connectivity index (χ4v) is 3.77. The number of para-hydroxylation sites is 1. The summed E-state index contributed by atoms with van der Waals surface area (Å²) in [6.45, 7) is 3.86. The normalized spacial score (nSPS) is 11.1. The molecular formula is C23H19ClF2N6O2. The van der Waals surface area contributed by atoms with Crippen LogP contribution in [0, 0.1) is 11.6 Å². The van der Waals surface area contributed by atoms with E-state index >= 15 is 0 Å². The predicted octanol–water partition coefficient (Wildman–Crippen LogP) is 5.40.